The number of carbonyl (C=O) groups is 2. The van der Waals surface area contributed by atoms with E-state index in [2.05, 4.69) is 6.58 Å². The van der Waals surface area contributed by atoms with E-state index in [9.17, 15) is 9.59 Å². The van der Waals surface area contributed by atoms with E-state index in [0.29, 0.717) is 6.42 Å². The number of allylic oxidation sites excluding steroid dienone is 1. The van der Waals surface area contributed by atoms with Gasteiger partial charge in [-0.05, 0) is 32.6 Å². The average molecular weight is 180 g/mol. The third kappa shape index (κ3) is 1.71. The van der Waals surface area contributed by atoms with Crippen molar-refractivity contribution in [2.24, 2.45) is 11.3 Å². The van der Waals surface area contributed by atoms with Gasteiger partial charge in [0.2, 0.25) is 0 Å². The monoisotopic (exact) mass is 180 g/mol. The second kappa shape index (κ2) is 3.44. The number of rotatable bonds is 3. The highest BCUT2D eigenvalue weighted by atomic mass is 16.1. The molecule has 2 atom stereocenters. The zero-order chi connectivity index (χ0) is 10.1. The van der Waals surface area contributed by atoms with Gasteiger partial charge < -0.3 is 9.59 Å². The predicted molar refractivity (Wildman–Crippen MR) is 51.3 cm³/mol. The van der Waals surface area contributed by atoms with Crippen LogP contribution in [0.2, 0.25) is 0 Å². The molecule has 13 heavy (non-hydrogen) atoms. The Balaban J connectivity index is 2.81. The molecule has 0 saturated heterocycles. The minimum atomic E-state index is -0.453. The van der Waals surface area contributed by atoms with E-state index in [0.717, 1.165) is 24.7 Å². The summed E-state index contributed by atoms with van der Waals surface area (Å²) < 4.78 is 0. The molecular formula is C11H16O2. The first-order valence-electron chi connectivity index (χ1n) is 4.64. The van der Waals surface area contributed by atoms with Gasteiger partial charge in [0.1, 0.15) is 12.1 Å². The van der Waals surface area contributed by atoms with E-state index >= 15 is 0 Å². The summed E-state index contributed by atoms with van der Waals surface area (Å²) in [5, 5.41) is 0. The van der Waals surface area contributed by atoms with Crippen LogP contribution in [0.15, 0.2) is 12.2 Å². The summed E-state index contributed by atoms with van der Waals surface area (Å²) in [4.78, 5) is 21.9. The zero-order valence-corrected chi connectivity index (χ0v) is 8.30. The largest absolute Gasteiger partial charge is 0.302 e. The van der Waals surface area contributed by atoms with Crippen LogP contribution in [0.4, 0.5) is 0 Å². The van der Waals surface area contributed by atoms with Crippen LogP contribution in [0.25, 0.3) is 0 Å². The zero-order valence-electron chi connectivity index (χ0n) is 8.30. The van der Waals surface area contributed by atoms with Crippen molar-refractivity contribution >= 4 is 12.1 Å². The van der Waals surface area contributed by atoms with Gasteiger partial charge >= 0.3 is 0 Å². The molecule has 0 bridgehead atoms. The number of hydrogen-bond donors (Lipinski definition) is 0. The topological polar surface area (TPSA) is 34.1 Å². The molecule has 1 rings (SSSR count). The summed E-state index contributed by atoms with van der Waals surface area (Å²) in [5.74, 6) is 0.336. The SMILES string of the molecule is C=C1CC[C@@H](CC(C)=O)[C@]1(C)C=O. The van der Waals surface area contributed by atoms with Gasteiger partial charge in [-0.25, -0.2) is 0 Å². The first-order valence-corrected chi connectivity index (χ1v) is 4.64. The van der Waals surface area contributed by atoms with Gasteiger partial charge in [0, 0.05) is 11.8 Å². The maximum Gasteiger partial charge on any atom is 0.130 e. The summed E-state index contributed by atoms with van der Waals surface area (Å²) in [6.45, 7) is 7.36. The summed E-state index contributed by atoms with van der Waals surface area (Å²) in [6, 6.07) is 0. The molecule has 2 heteroatoms. The van der Waals surface area contributed by atoms with Crippen LogP contribution in [0.1, 0.15) is 33.1 Å². The molecule has 0 aliphatic heterocycles. The minimum absolute atomic E-state index is 0.160. The smallest absolute Gasteiger partial charge is 0.130 e. The molecule has 1 fully saturated rings. The van der Waals surface area contributed by atoms with Crippen LogP contribution in [-0.4, -0.2) is 12.1 Å². The van der Waals surface area contributed by atoms with Crippen LogP contribution >= 0.6 is 0 Å². The molecule has 0 amide bonds. The van der Waals surface area contributed by atoms with Crippen molar-refractivity contribution in [2.45, 2.75) is 33.1 Å². The molecule has 0 spiro atoms. The first-order chi connectivity index (χ1) is 6.00. The van der Waals surface area contributed by atoms with Crippen LogP contribution in [0, 0.1) is 11.3 Å². The maximum atomic E-state index is 11.0. The van der Waals surface area contributed by atoms with Crippen molar-refractivity contribution in [3.8, 4) is 0 Å². The molecular weight excluding hydrogens is 164 g/mol. The van der Waals surface area contributed by atoms with E-state index in [1.807, 2.05) is 6.92 Å². The van der Waals surface area contributed by atoms with E-state index in [-0.39, 0.29) is 11.7 Å². The molecule has 1 saturated carbocycles. The van der Waals surface area contributed by atoms with Crippen LogP contribution in [0.3, 0.4) is 0 Å². The van der Waals surface area contributed by atoms with Crippen molar-refractivity contribution < 1.29 is 9.59 Å². The molecule has 2 nitrogen and oxygen atoms in total. The molecule has 1 aliphatic carbocycles. The van der Waals surface area contributed by atoms with Gasteiger partial charge in [-0.1, -0.05) is 12.2 Å². The van der Waals surface area contributed by atoms with E-state index in [4.69, 9.17) is 0 Å². The molecule has 0 aromatic carbocycles. The second-order valence-electron chi connectivity index (χ2n) is 4.15. The predicted octanol–water partition coefficient (Wildman–Crippen LogP) is 2.14. The Kier molecular flexibility index (Phi) is 2.69. The van der Waals surface area contributed by atoms with Crippen LogP contribution in [0.5, 0.6) is 0 Å². The second-order valence-corrected chi connectivity index (χ2v) is 4.15. The lowest BCUT2D eigenvalue weighted by Crippen LogP contribution is -2.26. The van der Waals surface area contributed by atoms with Crippen LogP contribution < -0.4 is 0 Å². The quantitative estimate of drug-likeness (QED) is 0.492. The fourth-order valence-corrected chi connectivity index (χ4v) is 2.05. The molecule has 0 heterocycles. The molecule has 0 radical (unpaired) electrons. The van der Waals surface area contributed by atoms with Gasteiger partial charge in [-0.15, -0.1) is 0 Å². The Morgan fingerprint density at radius 2 is 2.38 bits per heavy atom. The fraction of sp³-hybridized carbons (Fsp3) is 0.636. The standard InChI is InChI=1S/C11H16O2/c1-8-4-5-10(6-9(2)13)11(8,3)7-12/h7,10H,1,4-6H2,2-3H3/t10-,11+/m0/s1. The highest BCUT2D eigenvalue weighted by Gasteiger charge is 2.41. The Morgan fingerprint density at radius 1 is 1.77 bits per heavy atom. The van der Waals surface area contributed by atoms with E-state index in [1.165, 1.54) is 0 Å². The summed E-state index contributed by atoms with van der Waals surface area (Å²) in [6.07, 6.45) is 3.27. The van der Waals surface area contributed by atoms with E-state index in [1.54, 1.807) is 6.92 Å². The van der Waals surface area contributed by atoms with E-state index < -0.39 is 5.41 Å². The maximum absolute atomic E-state index is 11.0. The third-order valence-electron chi connectivity index (χ3n) is 3.18. The number of hydrogen-bond acceptors (Lipinski definition) is 2. The molecule has 1 aliphatic rings. The lowest BCUT2D eigenvalue weighted by Gasteiger charge is -2.25. The Hall–Kier alpha value is -0.920. The Labute approximate surface area is 79.0 Å². The number of ketones is 1. The minimum Gasteiger partial charge on any atom is -0.302 e. The van der Waals surface area contributed by atoms with Crippen molar-refractivity contribution in [3.63, 3.8) is 0 Å². The lowest BCUT2D eigenvalue weighted by molar-refractivity contribution is -0.120. The van der Waals surface area contributed by atoms with Crippen LogP contribution in [-0.2, 0) is 9.59 Å². The van der Waals surface area contributed by atoms with Gasteiger partial charge in [0.15, 0.2) is 0 Å². The van der Waals surface area contributed by atoms with Crippen molar-refractivity contribution in [2.75, 3.05) is 0 Å². The van der Waals surface area contributed by atoms with Gasteiger partial charge in [-0.2, -0.15) is 0 Å². The molecule has 0 N–H and O–H groups in total. The number of Topliss-reactive ketones (excluding diaryl/α,β-unsaturated/α-hetero) is 1. The summed E-state index contributed by atoms with van der Waals surface area (Å²) >= 11 is 0. The summed E-state index contributed by atoms with van der Waals surface area (Å²) in [7, 11) is 0. The number of carbonyl (C=O) groups excluding carboxylic acids is 2. The fourth-order valence-electron chi connectivity index (χ4n) is 2.05. The van der Waals surface area contributed by atoms with Gasteiger partial charge in [0.25, 0.3) is 0 Å². The summed E-state index contributed by atoms with van der Waals surface area (Å²) in [5.41, 5.74) is 0.528. The molecule has 72 valence electrons. The molecule has 0 aromatic rings. The van der Waals surface area contributed by atoms with Crippen molar-refractivity contribution in [3.05, 3.63) is 12.2 Å². The average Bonchev–Trinajstić information content (AvgIpc) is 2.33. The Morgan fingerprint density at radius 3 is 2.85 bits per heavy atom. The first kappa shape index (κ1) is 10.2. The molecule has 0 aromatic heterocycles. The van der Waals surface area contributed by atoms with Crippen molar-refractivity contribution in [1.82, 2.24) is 0 Å². The highest BCUT2D eigenvalue weighted by Crippen LogP contribution is 2.46. The third-order valence-corrected chi connectivity index (χ3v) is 3.18. The number of aldehydes is 1. The van der Waals surface area contributed by atoms with Crippen molar-refractivity contribution in [1.29, 1.82) is 0 Å². The normalized spacial score (nSPS) is 33.4. The molecule has 0 unspecified atom stereocenters. The highest BCUT2D eigenvalue weighted by molar-refractivity contribution is 5.77. The van der Waals surface area contributed by atoms with Gasteiger partial charge in [-0.3, -0.25) is 0 Å². The Bertz CT molecular complexity index is 255. The lowest BCUT2D eigenvalue weighted by atomic mass is 9.77. The van der Waals surface area contributed by atoms with Gasteiger partial charge in [0.05, 0.1) is 0 Å².